The number of hydrogen-bond donors (Lipinski definition) is 1. The maximum absolute atomic E-state index is 14.1. The molecule has 1 saturated carbocycles. The smallest absolute Gasteiger partial charge is 0.128 e. The maximum Gasteiger partial charge on any atom is 0.128 e. The van der Waals surface area contributed by atoms with E-state index in [2.05, 4.69) is 19.2 Å². The summed E-state index contributed by atoms with van der Waals surface area (Å²) in [4.78, 5) is 0. The van der Waals surface area contributed by atoms with Gasteiger partial charge in [0.2, 0.25) is 0 Å². The fourth-order valence-electron chi connectivity index (χ4n) is 3.51. The Morgan fingerprint density at radius 2 is 1.86 bits per heavy atom. The highest BCUT2D eigenvalue weighted by atomic mass is 19.1. The first-order chi connectivity index (χ1) is 10.2. The summed E-state index contributed by atoms with van der Waals surface area (Å²) in [7, 11) is 0. The molecule has 21 heavy (non-hydrogen) atoms. The van der Waals surface area contributed by atoms with E-state index in [-0.39, 0.29) is 17.7 Å². The predicted molar refractivity (Wildman–Crippen MR) is 83.1 cm³/mol. The van der Waals surface area contributed by atoms with Gasteiger partial charge >= 0.3 is 0 Å². The topological polar surface area (TPSA) is 12.0 Å². The van der Waals surface area contributed by atoms with Crippen LogP contribution in [0, 0.1) is 23.5 Å². The molecule has 0 bridgehead atoms. The van der Waals surface area contributed by atoms with Gasteiger partial charge in [-0.25, -0.2) is 8.78 Å². The molecule has 3 heteroatoms. The van der Waals surface area contributed by atoms with Gasteiger partial charge in [-0.05, 0) is 55.8 Å². The van der Waals surface area contributed by atoms with Crippen molar-refractivity contribution in [2.45, 2.75) is 58.4 Å². The third-order valence-corrected chi connectivity index (χ3v) is 4.85. The van der Waals surface area contributed by atoms with Crippen molar-refractivity contribution in [3.8, 4) is 0 Å². The Kier molecular flexibility index (Phi) is 6.16. The van der Waals surface area contributed by atoms with Gasteiger partial charge in [0.25, 0.3) is 0 Å². The van der Waals surface area contributed by atoms with Crippen LogP contribution in [0.1, 0.15) is 64.0 Å². The van der Waals surface area contributed by atoms with Gasteiger partial charge in [-0.3, -0.25) is 0 Å². The van der Waals surface area contributed by atoms with Crippen molar-refractivity contribution in [2.24, 2.45) is 11.8 Å². The van der Waals surface area contributed by atoms with Gasteiger partial charge in [-0.1, -0.05) is 33.1 Å². The standard InChI is InChI=1S/C18H27F2N/c1-3-11-21-18(14-7-5-13(4-2)6-8-14)16-12-15(19)9-10-17(16)20/h9-10,12-14,18,21H,3-8,11H2,1-2H3. The lowest BCUT2D eigenvalue weighted by molar-refractivity contribution is 0.216. The normalized spacial score (nSPS) is 24.0. The molecule has 1 N–H and O–H groups in total. The summed E-state index contributed by atoms with van der Waals surface area (Å²) in [5, 5.41) is 3.45. The van der Waals surface area contributed by atoms with Gasteiger partial charge in [0.05, 0.1) is 0 Å². The highest BCUT2D eigenvalue weighted by Crippen LogP contribution is 2.38. The van der Waals surface area contributed by atoms with Crippen molar-refractivity contribution in [3.05, 3.63) is 35.4 Å². The van der Waals surface area contributed by atoms with Crippen molar-refractivity contribution in [2.75, 3.05) is 6.54 Å². The third kappa shape index (κ3) is 4.26. The van der Waals surface area contributed by atoms with Crippen LogP contribution in [0.4, 0.5) is 8.78 Å². The molecule has 0 aromatic heterocycles. The molecule has 1 nitrogen and oxygen atoms in total. The van der Waals surface area contributed by atoms with E-state index in [9.17, 15) is 8.78 Å². The molecule has 1 aromatic rings. The lowest BCUT2D eigenvalue weighted by atomic mass is 9.76. The van der Waals surface area contributed by atoms with E-state index in [0.29, 0.717) is 11.5 Å². The Bertz CT molecular complexity index is 439. The molecule has 0 amide bonds. The fraction of sp³-hybridized carbons (Fsp3) is 0.667. The Balaban J connectivity index is 2.16. The molecule has 0 radical (unpaired) electrons. The minimum absolute atomic E-state index is 0.0570. The van der Waals surface area contributed by atoms with Crippen LogP contribution < -0.4 is 5.32 Å². The summed E-state index contributed by atoms with van der Waals surface area (Å²) < 4.78 is 27.7. The van der Waals surface area contributed by atoms with Crippen LogP contribution in [-0.2, 0) is 0 Å². The molecule has 2 rings (SSSR count). The number of rotatable bonds is 6. The quantitative estimate of drug-likeness (QED) is 0.758. The third-order valence-electron chi connectivity index (χ3n) is 4.85. The summed E-state index contributed by atoms with van der Waals surface area (Å²) in [6.07, 6.45) is 6.86. The molecule has 1 fully saturated rings. The highest BCUT2D eigenvalue weighted by molar-refractivity contribution is 5.23. The molecule has 0 heterocycles. The van der Waals surface area contributed by atoms with Gasteiger partial charge < -0.3 is 5.32 Å². The first kappa shape index (κ1) is 16.4. The van der Waals surface area contributed by atoms with Gasteiger partial charge in [0, 0.05) is 11.6 Å². The molecule has 1 aromatic carbocycles. The summed E-state index contributed by atoms with van der Waals surface area (Å²) in [6, 6.07) is 3.76. The van der Waals surface area contributed by atoms with Crippen LogP contribution >= 0.6 is 0 Å². The SMILES string of the molecule is CCCNC(c1cc(F)ccc1F)C1CCC(CC)CC1. The number of benzene rings is 1. The molecular formula is C18H27F2N. The van der Waals surface area contributed by atoms with E-state index in [4.69, 9.17) is 0 Å². The Morgan fingerprint density at radius 3 is 2.48 bits per heavy atom. The van der Waals surface area contributed by atoms with Crippen molar-refractivity contribution in [1.82, 2.24) is 5.32 Å². The molecule has 1 aliphatic carbocycles. The van der Waals surface area contributed by atoms with Crippen LogP contribution in [0.25, 0.3) is 0 Å². The molecule has 0 saturated heterocycles. The second-order valence-corrected chi connectivity index (χ2v) is 6.29. The van der Waals surface area contributed by atoms with Gasteiger partial charge in [-0.15, -0.1) is 0 Å². The largest absolute Gasteiger partial charge is 0.310 e. The summed E-state index contributed by atoms with van der Waals surface area (Å²) in [5.74, 6) is 0.584. The highest BCUT2D eigenvalue weighted by Gasteiger charge is 2.29. The minimum atomic E-state index is -0.350. The lowest BCUT2D eigenvalue weighted by Gasteiger charge is -2.34. The van der Waals surface area contributed by atoms with E-state index < -0.39 is 0 Å². The van der Waals surface area contributed by atoms with Gasteiger partial charge in [0.15, 0.2) is 0 Å². The average Bonchev–Trinajstić information content (AvgIpc) is 2.51. The van der Waals surface area contributed by atoms with Crippen LogP contribution in [0.2, 0.25) is 0 Å². The number of hydrogen-bond acceptors (Lipinski definition) is 1. The molecule has 0 spiro atoms. The Hall–Kier alpha value is -0.960. The maximum atomic E-state index is 14.1. The second kappa shape index (κ2) is 7.88. The van der Waals surface area contributed by atoms with Crippen molar-refractivity contribution >= 4 is 0 Å². The zero-order chi connectivity index (χ0) is 15.2. The minimum Gasteiger partial charge on any atom is -0.310 e. The van der Waals surface area contributed by atoms with Crippen LogP contribution in [-0.4, -0.2) is 6.54 Å². The van der Waals surface area contributed by atoms with Crippen LogP contribution in [0.15, 0.2) is 18.2 Å². The number of halogens is 2. The first-order valence-electron chi connectivity index (χ1n) is 8.34. The Labute approximate surface area is 127 Å². The van der Waals surface area contributed by atoms with E-state index in [1.54, 1.807) is 0 Å². The zero-order valence-electron chi connectivity index (χ0n) is 13.2. The van der Waals surface area contributed by atoms with Crippen LogP contribution in [0.5, 0.6) is 0 Å². The molecular weight excluding hydrogens is 268 g/mol. The zero-order valence-corrected chi connectivity index (χ0v) is 13.2. The molecule has 1 atom stereocenters. The number of nitrogens with one attached hydrogen (secondary N) is 1. The van der Waals surface area contributed by atoms with E-state index >= 15 is 0 Å². The van der Waals surface area contributed by atoms with Gasteiger partial charge in [-0.2, -0.15) is 0 Å². The lowest BCUT2D eigenvalue weighted by Crippen LogP contribution is -2.32. The fourth-order valence-corrected chi connectivity index (χ4v) is 3.51. The van der Waals surface area contributed by atoms with Crippen molar-refractivity contribution in [3.63, 3.8) is 0 Å². The van der Waals surface area contributed by atoms with Gasteiger partial charge in [0.1, 0.15) is 11.6 Å². The van der Waals surface area contributed by atoms with Crippen LogP contribution in [0.3, 0.4) is 0 Å². The van der Waals surface area contributed by atoms with E-state index in [1.807, 2.05) is 0 Å². The first-order valence-corrected chi connectivity index (χ1v) is 8.34. The predicted octanol–water partition coefficient (Wildman–Crippen LogP) is 5.22. The summed E-state index contributed by atoms with van der Waals surface area (Å²) in [6.45, 7) is 5.18. The van der Waals surface area contributed by atoms with E-state index in [1.165, 1.54) is 37.5 Å². The summed E-state index contributed by atoms with van der Waals surface area (Å²) >= 11 is 0. The average molecular weight is 295 g/mol. The van der Waals surface area contributed by atoms with E-state index in [0.717, 1.165) is 31.7 Å². The Morgan fingerprint density at radius 1 is 1.14 bits per heavy atom. The molecule has 0 aliphatic heterocycles. The van der Waals surface area contributed by atoms with Crippen molar-refractivity contribution < 1.29 is 8.78 Å². The van der Waals surface area contributed by atoms with Crippen molar-refractivity contribution in [1.29, 1.82) is 0 Å². The monoisotopic (exact) mass is 295 g/mol. The second-order valence-electron chi connectivity index (χ2n) is 6.29. The molecule has 118 valence electrons. The summed E-state index contributed by atoms with van der Waals surface area (Å²) in [5.41, 5.74) is 0.503. The molecule has 1 unspecified atom stereocenters. The molecule has 1 aliphatic rings.